The predicted molar refractivity (Wildman–Crippen MR) is 83.0 cm³/mol. The first kappa shape index (κ1) is 16.5. The van der Waals surface area contributed by atoms with Crippen LogP contribution in [0.15, 0.2) is 24.3 Å². The summed E-state index contributed by atoms with van der Waals surface area (Å²) in [5, 5.41) is 9.71. The average Bonchev–Trinajstić information content (AvgIpc) is 2.34. The molecule has 1 amide bonds. The second-order valence-corrected chi connectivity index (χ2v) is 6.12. The van der Waals surface area contributed by atoms with Gasteiger partial charge in [-0.2, -0.15) is 0 Å². The first-order valence-electron chi connectivity index (χ1n) is 6.91. The number of benzene rings is 1. The van der Waals surface area contributed by atoms with Gasteiger partial charge in [-0.05, 0) is 38.0 Å². The van der Waals surface area contributed by atoms with Gasteiger partial charge >= 0.3 is 0 Å². The topological polar surface area (TPSA) is 43.8 Å². The molecule has 0 saturated heterocycles. The predicted octanol–water partition coefficient (Wildman–Crippen LogP) is 1.91. The van der Waals surface area contributed by atoms with E-state index in [0.717, 1.165) is 17.7 Å². The Balaban J connectivity index is 2.48. The van der Waals surface area contributed by atoms with Crippen molar-refractivity contribution in [2.24, 2.45) is 0 Å². The summed E-state index contributed by atoms with van der Waals surface area (Å²) in [6, 6.07) is 8.22. The van der Waals surface area contributed by atoms with Crippen molar-refractivity contribution in [3.05, 3.63) is 29.8 Å². The normalized spacial score (nSPS) is 11.3. The number of hydrogen-bond acceptors (Lipinski definition) is 3. The fourth-order valence-corrected chi connectivity index (χ4v) is 2.07. The van der Waals surface area contributed by atoms with E-state index in [1.54, 1.807) is 25.8 Å². The van der Waals surface area contributed by atoms with Gasteiger partial charge in [0.25, 0.3) is 0 Å². The molecule has 0 spiro atoms. The maximum absolute atomic E-state index is 12.0. The Morgan fingerprint density at radius 2 is 1.70 bits per heavy atom. The number of aliphatic hydroxyl groups is 1. The van der Waals surface area contributed by atoms with E-state index in [0.29, 0.717) is 13.0 Å². The number of anilines is 1. The molecule has 20 heavy (non-hydrogen) atoms. The molecule has 4 heteroatoms. The van der Waals surface area contributed by atoms with Crippen molar-refractivity contribution in [2.75, 3.05) is 32.6 Å². The van der Waals surface area contributed by atoms with Crippen molar-refractivity contribution >= 4 is 11.6 Å². The van der Waals surface area contributed by atoms with Crippen LogP contribution in [-0.2, 0) is 11.2 Å². The molecule has 4 nitrogen and oxygen atoms in total. The highest BCUT2D eigenvalue weighted by molar-refractivity contribution is 5.76. The minimum atomic E-state index is -0.849. The quantitative estimate of drug-likeness (QED) is 0.864. The van der Waals surface area contributed by atoms with Gasteiger partial charge in [0, 0.05) is 39.8 Å². The lowest BCUT2D eigenvalue weighted by Crippen LogP contribution is -2.39. The van der Waals surface area contributed by atoms with Gasteiger partial charge in [-0.15, -0.1) is 0 Å². The number of likely N-dealkylation sites (N-methyl/N-ethyl adjacent to an activating group) is 1. The van der Waals surface area contributed by atoms with Gasteiger partial charge in [0.15, 0.2) is 0 Å². The smallest absolute Gasteiger partial charge is 0.222 e. The van der Waals surface area contributed by atoms with Crippen LogP contribution in [0.5, 0.6) is 0 Å². The van der Waals surface area contributed by atoms with Crippen LogP contribution in [-0.4, -0.2) is 49.2 Å². The number of carbonyl (C=O) groups is 1. The fourth-order valence-electron chi connectivity index (χ4n) is 2.07. The van der Waals surface area contributed by atoms with Crippen LogP contribution < -0.4 is 4.90 Å². The largest absolute Gasteiger partial charge is 0.389 e. The summed E-state index contributed by atoms with van der Waals surface area (Å²) in [5.41, 5.74) is 1.46. The molecule has 0 aliphatic rings. The van der Waals surface area contributed by atoms with Crippen LogP contribution >= 0.6 is 0 Å². The summed E-state index contributed by atoms with van der Waals surface area (Å²) in [7, 11) is 5.74. The Kier molecular flexibility index (Phi) is 5.57. The molecule has 0 aliphatic heterocycles. The standard InChI is InChI=1S/C16H26N2O2/c1-16(2,20)12-18(5)15(19)11-8-13-6-9-14(10-7-13)17(3)4/h6-7,9-10,20H,8,11-12H2,1-5H3. The van der Waals surface area contributed by atoms with Crippen molar-refractivity contribution in [1.82, 2.24) is 4.90 Å². The molecule has 0 radical (unpaired) electrons. The zero-order valence-electron chi connectivity index (χ0n) is 13.2. The van der Waals surface area contributed by atoms with Crippen LogP contribution in [0.25, 0.3) is 0 Å². The zero-order chi connectivity index (χ0) is 15.3. The van der Waals surface area contributed by atoms with E-state index in [2.05, 4.69) is 24.3 Å². The third-order valence-corrected chi connectivity index (χ3v) is 3.13. The Morgan fingerprint density at radius 1 is 1.15 bits per heavy atom. The van der Waals surface area contributed by atoms with Gasteiger partial charge in [0.2, 0.25) is 5.91 Å². The van der Waals surface area contributed by atoms with Gasteiger partial charge in [0.1, 0.15) is 0 Å². The van der Waals surface area contributed by atoms with Crippen molar-refractivity contribution in [3.63, 3.8) is 0 Å². The second-order valence-electron chi connectivity index (χ2n) is 6.12. The molecule has 1 aromatic rings. The van der Waals surface area contributed by atoms with Gasteiger partial charge < -0.3 is 14.9 Å². The molecule has 112 valence electrons. The minimum Gasteiger partial charge on any atom is -0.389 e. The highest BCUT2D eigenvalue weighted by Crippen LogP contribution is 2.14. The molecule has 0 saturated carbocycles. The van der Waals surface area contributed by atoms with E-state index in [4.69, 9.17) is 0 Å². The van der Waals surface area contributed by atoms with E-state index in [1.165, 1.54) is 0 Å². The number of carbonyl (C=O) groups excluding carboxylic acids is 1. The minimum absolute atomic E-state index is 0.0591. The van der Waals surface area contributed by atoms with E-state index in [9.17, 15) is 9.90 Å². The lowest BCUT2D eigenvalue weighted by molar-refractivity contribution is -0.132. The molecule has 0 fully saturated rings. The molecular formula is C16H26N2O2. The van der Waals surface area contributed by atoms with Crippen LogP contribution in [0.2, 0.25) is 0 Å². The third kappa shape index (κ3) is 5.61. The monoisotopic (exact) mass is 278 g/mol. The maximum Gasteiger partial charge on any atom is 0.222 e. The highest BCUT2D eigenvalue weighted by atomic mass is 16.3. The van der Waals surface area contributed by atoms with Crippen LogP contribution in [0.1, 0.15) is 25.8 Å². The fraction of sp³-hybridized carbons (Fsp3) is 0.562. The summed E-state index contributed by atoms with van der Waals surface area (Å²) in [6.07, 6.45) is 1.19. The third-order valence-electron chi connectivity index (χ3n) is 3.13. The van der Waals surface area contributed by atoms with Crippen LogP contribution in [0.3, 0.4) is 0 Å². The maximum atomic E-state index is 12.0. The molecular weight excluding hydrogens is 252 g/mol. The lowest BCUT2D eigenvalue weighted by atomic mass is 10.1. The van der Waals surface area contributed by atoms with Gasteiger partial charge in [-0.3, -0.25) is 4.79 Å². The first-order valence-corrected chi connectivity index (χ1v) is 6.91. The first-order chi connectivity index (χ1) is 9.19. The van der Waals surface area contributed by atoms with Gasteiger partial charge in [-0.25, -0.2) is 0 Å². The van der Waals surface area contributed by atoms with E-state index >= 15 is 0 Å². The Morgan fingerprint density at radius 3 is 2.15 bits per heavy atom. The van der Waals surface area contributed by atoms with E-state index in [1.807, 2.05) is 19.0 Å². The second kappa shape index (κ2) is 6.75. The average molecular weight is 278 g/mol. The van der Waals surface area contributed by atoms with Crippen molar-refractivity contribution in [1.29, 1.82) is 0 Å². The van der Waals surface area contributed by atoms with Gasteiger partial charge in [0.05, 0.1) is 5.60 Å². The Labute approximate surface area is 122 Å². The summed E-state index contributed by atoms with van der Waals surface area (Å²) < 4.78 is 0. The lowest BCUT2D eigenvalue weighted by Gasteiger charge is -2.25. The molecule has 1 aromatic carbocycles. The Bertz CT molecular complexity index is 433. The molecule has 0 bridgehead atoms. The molecule has 0 heterocycles. The molecule has 1 N–H and O–H groups in total. The summed E-state index contributed by atoms with van der Waals surface area (Å²) in [6.45, 7) is 3.76. The molecule has 1 rings (SSSR count). The number of nitrogens with zero attached hydrogens (tertiary/aromatic N) is 2. The van der Waals surface area contributed by atoms with Crippen molar-refractivity contribution in [3.8, 4) is 0 Å². The number of aryl methyl sites for hydroxylation is 1. The molecule has 0 unspecified atom stereocenters. The summed E-state index contributed by atoms with van der Waals surface area (Å²) in [4.78, 5) is 15.6. The highest BCUT2D eigenvalue weighted by Gasteiger charge is 2.18. The van der Waals surface area contributed by atoms with E-state index in [-0.39, 0.29) is 5.91 Å². The van der Waals surface area contributed by atoms with Crippen LogP contribution in [0, 0.1) is 0 Å². The SMILES string of the molecule is CN(CC(C)(C)O)C(=O)CCc1ccc(N(C)C)cc1. The summed E-state index contributed by atoms with van der Waals surface area (Å²) in [5.74, 6) is 0.0591. The van der Waals surface area contributed by atoms with Crippen LogP contribution in [0.4, 0.5) is 5.69 Å². The molecule has 0 aliphatic carbocycles. The number of amides is 1. The van der Waals surface area contributed by atoms with E-state index < -0.39 is 5.60 Å². The Hall–Kier alpha value is -1.55. The number of rotatable bonds is 6. The zero-order valence-corrected chi connectivity index (χ0v) is 13.2. The molecule has 0 atom stereocenters. The summed E-state index contributed by atoms with van der Waals surface area (Å²) >= 11 is 0. The van der Waals surface area contributed by atoms with Crippen molar-refractivity contribution < 1.29 is 9.90 Å². The number of hydrogen-bond donors (Lipinski definition) is 1. The van der Waals surface area contributed by atoms with Crippen molar-refractivity contribution in [2.45, 2.75) is 32.3 Å². The van der Waals surface area contributed by atoms with Gasteiger partial charge in [-0.1, -0.05) is 12.1 Å². The molecule has 0 aromatic heterocycles.